The van der Waals surface area contributed by atoms with Crippen molar-refractivity contribution in [2.45, 2.75) is 37.4 Å². The molecule has 8 nitrogen and oxygen atoms in total. The average molecular weight is 355 g/mol. The first-order valence-corrected chi connectivity index (χ1v) is 8.86. The second kappa shape index (κ2) is 7.33. The van der Waals surface area contributed by atoms with Crippen LogP contribution in [0.1, 0.15) is 36.2 Å². The number of aromatic nitrogens is 4. The molecule has 4 heterocycles. The SMILES string of the molecule is O=C(c1cnccn1)N1CCC2(CC1)CC(Oc1cnccn1)CCO2. The van der Waals surface area contributed by atoms with E-state index >= 15 is 0 Å². The highest BCUT2D eigenvalue weighted by Gasteiger charge is 2.42. The van der Waals surface area contributed by atoms with E-state index in [0.29, 0.717) is 31.3 Å². The fraction of sp³-hybridized carbons (Fsp3) is 0.500. The van der Waals surface area contributed by atoms with E-state index in [4.69, 9.17) is 9.47 Å². The van der Waals surface area contributed by atoms with Gasteiger partial charge in [-0.15, -0.1) is 0 Å². The highest BCUT2D eigenvalue weighted by Crippen LogP contribution is 2.36. The number of carbonyl (C=O) groups excluding carboxylic acids is 1. The highest BCUT2D eigenvalue weighted by atomic mass is 16.5. The van der Waals surface area contributed by atoms with E-state index in [9.17, 15) is 4.79 Å². The molecule has 0 saturated carbocycles. The minimum Gasteiger partial charge on any atom is -0.473 e. The third-order valence-electron chi connectivity index (χ3n) is 5.02. The Balaban J connectivity index is 1.36. The van der Waals surface area contributed by atoms with Gasteiger partial charge >= 0.3 is 0 Å². The molecule has 1 unspecified atom stereocenters. The lowest BCUT2D eigenvalue weighted by Crippen LogP contribution is -2.52. The van der Waals surface area contributed by atoms with E-state index in [0.717, 1.165) is 25.7 Å². The molecule has 2 aromatic rings. The van der Waals surface area contributed by atoms with Crippen LogP contribution < -0.4 is 4.74 Å². The maximum absolute atomic E-state index is 12.5. The van der Waals surface area contributed by atoms with E-state index in [-0.39, 0.29) is 17.6 Å². The molecule has 1 spiro atoms. The molecule has 136 valence electrons. The number of nitrogens with zero attached hydrogens (tertiary/aromatic N) is 5. The van der Waals surface area contributed by atoms with Crippen molar-refractivity contribution < 1.29 is 14.3 Å². The van der Waals surface area contributed by atoms with Gasteiger partial charge in [-0.3, -0.25) is 14.8 Å². The Morgan fingerprint density at radius 2 is 1.88 bits per heavy atom. The molecule has 2 saturated heterocycles. The molecular formula is C18H21N5O3. The Hall–Kier alpha value is -2.61. The summed E-state index contributed by atoms with van der Waals surface area (Å²) < 4.78 is 12.1. The Morgan fingerprint density at radius 3 is 2.58 bits per heavy atom. The van der Waals surface area contributed by atoms with Crippen LogP contribution in [0.5, 0.6) is 5.88 Å². The van der Waals surface area contributed by atoms with Gasteiger partial charge in [-0.1, -0.05) is 0 Å². The summed E-state index contributed by atoms with van der Waals surface area (Å²) in [7, 11) is 0. The van der Waals surface area contributed by atoms with Gasteiger partial charge in [-0.25, -0.2) is 9.97 Å². The number of piperidine rings is 1. The lowest BCUT2D eigenvalue weighted by Gasteiger charge is -2.45. The van der Waals surface area contributed by atoms with E-state index in [1.165, 1.54) is 12.4 Å². The van der Waals surface area contributed by atoms with Gasteiger partial charge in [0.1, 0.15) is 11.8 Å². The van der Waals surface area contributed by atoms with Crippen molar-refractivity contribution in [3.05, 3.63) is 42.9 Å². The molecular weight excluding hydrogens is 334 g/mol. The van der Waals surface area contributed by atoms with Crippen LogP contribution in [0.25, 0.3) is 0 Å². The van der Waals surface area contributed by atoms with Gasteiger partial charge in [0, 0.05) is 50.7 Å². The van der Waals surface area contributed by atoms with Crippen molar-refractivity contribution in [1.82, 2.24) is 24.8 Å². The van der Waals surface area contributed by atoms with Gasteiger partial charge in [0.05, 0.1) is 24.6 Å². The van der Waals surface area contributed by atoms with Crippen LogP contribution in [0.3, 0.4) is 0 Å². The lowest BCUT2D eigenvalue weighted by molar-refractivity contribution is -0.135. The Labute approximate surface area is 151 Å². The first-order chi connectivity index (χ1) is 12.7. The number of carbonyl (C=O) groups is 1. The number of hydrogen-bond acceptors (Lipinski definition) is 7. The number of hydrogen-bond donors (Lipinski definition) is 0. The molecule has 0 bridgehead atoms. The van der Waals surface area contributed by atoms with E-state index in [1.807, 2.05) is 4.90 Å². The third kappa shape index (κ3) is 3.65. The zero-order chi connectivity index (χ0) is 17.8. The minimum absolute atomic E-state index is 0.0580. The Bertz CT molecular complexity index is 735. The zero-order valence-electron chi connectivity index (χ0n) is 14.5. The maximum atomic E-state index is 12.5. The quantitative estimate of drug-likeness (QED) is 0.824. The molecule has 0 N–H and O–H groups in total. The highest BCUT2D eigenvalue weighted by molar-refractivity contribution is 5.92. The molecule has 1 atom stereocenters. The molecule has 2 aromatic heterocycles. The summed E-state index contributed by atoms with van der Waals surface area (Å²) in [4.78, 5) is 30.6. The minimum atomic E-state index is -0.232. The molecule has 0 radical (unpaired) electrons. The second-order valence-corrected chi connectivity index (χ2v) is 6.69. The fourth-order valence-corrected chi connectivity index (χ4v) is 3.64. The molecule has 1 amide bonds. The van der Waals surface area contributed by atoms with Gasteiger partial charge in [-0.2, -0.15) is 0 Å². The summed E-state index contributed by atoms with van der Waals surface area (Å²) in [6, 6.07) is 0. The summed E-state index contributed by atoms with van der Waals surface area (Å²) >= 11 is 0. The number of likely N-dealkylation sites (tertiary alicyclic amines) is 1. The van der Waals surface area contributed by atoms with Crippen LogP contribution in [0.15, 0.2) is 37.2 Å². The van der Waals surface area contributed by atoms with Crippen LogP contribution in [0.2, 0.25) is 0 Å². The van der Waals surface area contributed by atoms with Crippen molar-refractivity contribution in [1.29, 1.82) is 0 Å². The van der Waals surface area contributed by atoms with Gasteiger partial charge in [0.25, 0.3) is 5.91 Å². The van der Waals surface area contributed by atoms with Crippen molar-refractivity contribution >= 4 is 5.91 Å². The van der Waals surface area contributed by atoms with Crippen LogP contribution in [-0.2, 0) is 4.74 Å². The summed E-state index contributed by atoms with van der Waals surface area (Å²) in [6.45, 7) is 1.95. The first kappa shape index (κ1) is 16.8. The number of ether oxygens (including phenoxy) is 2. The summed E-state index contributed by atoms with van der Waals surface area (Å²) in [5.41, 5.74) is 0.154. The van der Waals surface area contributed by atoms with Crippen LogP contribution in [0.4, 0.5) is 0 Å². The smallest absolute Gasteiger partial charge is 0.274 e. The molecule has 2 aliphatic heterocycles. The van der Waals surface area contributed by atoms with Crippen molar-refractivity contribution in [2.24, 2.45) is 0 Å². The zero-order valence-corrected chi connectivity index (χ0v) is 14.5. The Kier molecular flexibility index (Phi) is 4.75. The van der Waals surface area contributed by atoms with Crippen LogP contribution in [-0.4, -0.2) is 62.1 Å². The third-order valence-corrected chi connectivity index (χ3v) is 5.02. The van der Waals surface area contributed by atoms with Crippen LogP contribution in [0, 0.1) is 0 Å². The van der Waals surface area contributed by atoms with Crippen molar-refractivity contribution in [3.8, 4) is 5.88 Å². The number of amides is 1. The van der Waals surface area contributed by atoms with E-state index < -0.39 is 0 Å². The van der Waals surface area contributed by atoms with E-state index in [1.54, 1.807) is 24.8 Å². The van der Waals surface area contributed by atoms with Crippen molar-refractivity contribution in [2.75, 3.05) is 19.7 Å². The predicted octanol–water partition coefficient (Wildman–Crippen LogP) is 1.50. The normalized spacial score (nSPS) is 22.2. The van der Waals surface area contributed by atoms with Crippen molar-refractivity contribution in [3.63, 3.8) is 0 Å². The van der Waals surface area contributed by atoms with Crippen LogP contribution >= 0.6 is 0 Å². The van der Waals surface area contributed by atoms with Gasteiger partial charge < -0.3 is 14.4 Å². The number of rotatable bonds is 3. The largest absolute Gasteiger partial charge is 0.473 e. The predicted molar refractivity (Wildman–Crippen MR) is 91.5 cm³/mol. The molecule has 2 aliphatic rings. The molecule has 0 aromatic carbocycles. The first-order valence-electron chi connectivity index (χ1n) is 8.86. The molecule has 2 fully saturated rings. The lowest BCUT2D eigenvalue weighted by atomic mass is 9.83. The van der Waals surface area contributed by atoms with Gasteiger partial charge in [0.15, 0.2) is 0 Å². The topological polar surface area (TPSA) is 90.3 Å². The average Bonchev–Trinajstić information content (AvgIpc) is 2.70. The molecule has 0 aliphatic carbocycles. The Morgan fingerprint density at radius 1 is 1.12 bits per heavy atom. The summed E-state index contributed by atoms with van der Waals surface area (Å²) in [5.74, 6) is 0.473. The molecule has 8 heteroatoms. The summed E-state index contributed by atoms with van der Waals surface area (Å²) in [6.07, 6.45) is 12.8. The fourth-order valence-electron chi connectivity index (χ4n) is 3.64. The maximum Gasteiger partial charge on any atom is 0.274 e. The monoisotopic (exact) mass is 355 g/mol. The summed E-state index contributed by atoms with van der Waals surface area (Å²) in [5, 5.41) is 0. The molecule has 4 rings (SSSR count). The van der Waals surface area contributed by atoms with Gasteiger partial charge in [-0.05, 0) is 12.8 Å². The van der Waals surface area contributed by atoms with Gasteiger partial charge in [0.2, 0.25) is 5.88 Å². The molecule has 26 heavy (non-hydrogen) atoms. The van der Waals surface area contributed by atoms with E-state index in [2.05, 4.69) is 19.9 Å². The second-order valence-electron chi connectivity index (χ2n) is 6.69. The standard InChI is InChI=1S/C18H21N5O3/c24-17(15-12-19-4-6-21-15)23-8-2-18(3-9-23)11-14(1-10-25-18)26-16-13-20-5-7-22-16/h4-7,12-14H,1-3,8-11H2.